The van der Waals surface area contributed by atoms with Gasteiger partial charge in [0.2, 0.25) is 0 Å². The first-order chi connectivity index (χ1) is 11.1. The van der Waals surface area contributed by atoms with Gasteiger partial charge in [0, 0.05) is 18.1 Å². The van der Waals surface area contributed by atoms with Crippen LogP contribution in [-0.2, 0) is 6.42 Å². The van der Waals surface area contributed by atoms with Gasteiger partial charge in [0.05, 0.1) is 24.2 Å². The van der Waals surface area contributed by atoms with Crippen molar-refractivity contribution in [2.75, 3.05) is 17.7 Å². The molecule has 3 N–H and O–H groups in total. The number of pyridine rings is 1. The van der Waals surface area contributed by atoms with Crippen molar-refractivity contribution in [3.8, 4) is 11.5 Å². The van der Waals surface area contributed by atoms with Crippen LogP contribution in [0.25, 0.3) is 0 Å². The molecule has 2 aromatic rings. The molecule has 0 saturated carbocycles. The average Bonchev–Trinajstić information content (AvgIpc) is 2.87. The number of carbonyl (C=O) groups excluding carboxylic acids is 1. The number of hydrogen-bond acceptors (Lipinski definition) is 5. The van der Waals surface area contributed by atoms with Crippen molar-refractivity contribution in [3.63, 3.8) is 0 Å². The molecule has 0 bridgehead atoms. The largest absolute Gasteiger partial charge is 0.492 e. The molecule has 23 heavy (non-hydrogen) atoms. The Morgan fingerprint density at radius 2 is 2.30 bits per heavy atom. The highest BCUT2D eigenvalue weighted by Crippen LogP contribution is 2.38. The summed E-state index contributed by atoms with van der Waals surface area (Å²) in [5.41, 5.74) is 8.05. The van der Waals surface area contributed by atoms with Crippen molar-refractivity contribution >= 4 is 17.3 Å². The van der Waals surface area contributed by atoms with Crippen molar-refractivity contribution in [3.05, 3.63) is 41.7 Å². The Morgan fingerprint density at radius 1 is 1.48 bits per heavy atom. The molecule has 1 amide bonds. The number of carbonyl (C=O) groups is 1. The van der Waals surface area contributed by atoms with E-state index in [0.717, 1.165) is 17.7 Å². The highest BCUT2D eigenvalue weighted by Gasteiger charge is 2.23. The van der Waals surface area contributed by atoms with Crippen molar-refractivity contribution in [1.29, 1.82) is 0 Å². The van der Waals surface area contributed by atoms with E-state index in [2.05, 4.69) is 10.3 Å². The van der Waals surface area contributed by atoms with Crippen LogP contribution < -0.4 is 20.5 Å². The topological polar surface area (TPSA) is 86.5 Å². The summed E-state index contributed by atoms with van der Waals surface area (Å²) in [7, 11) is 0. The van der Waals surface area contributed by atoms with Gasteiger partial charge in [-0.05, 0) is 32.0 Å². The molecule has 0 spiro atoms. The van der Waals surface area contributed by atoms with Gasteiger partial charge >= 0.3 is 0 Å². The zero-order valence-electron chi connectivity index (χ0n) is 13.1. The normalized spacial score (nSPS) is 15.7. The smallest absolute Gasteiger partial charge is 0.274 e. The minimum Gasteiger partial charge on any atom is -0.492 e. The molecule has 6 heteroatoms. The van der Waals surface area contributed by atoms with Crippen LogP contribution >= 0.6 is 0 Å². The number of benzene rings is 1. The van der Waals surface area contributed by atoms with E-state index < -0.39 is 0 Å². The van der Waals surface area contributed by atoms with Gasteiger partial charge in [-0.1, -0.05) is 0 Å². The van der Waals surface area contributed by atoms with Crippen molar-refractivity contribution < 1.29 is 14.3 Å². The van der Waals surface area contributed by atoms with Crippen molar-refractivity contribution in [2.24, 2.45) is 0 Å². The number of nitrogens with zero attached hydrogens (tertiary/aromatic N) is 1. The summed E-state index contributed by atoms with van der Waals surface area (Å²) in [4.78, 5) is 16.4. The SMILES string of the molecule is CCOc1cc2c(cc1NC(=O)c1ccc(N)cn1)OC(C)C2. The number of nitrogens with one attached hydrogen (secondary N) is 1. The van der Waals surface area contributed by atoms with Crippen LogP contribution in [0.4, 0.5) is 11.4 Å². The van der Waals surface area contributed by atoms with Crippen LogP contribution in [0.15, 0.2) is 30.5 Å². The van der Waals surface area contributed by atoms with E-state index >= 15 is 0 Å². The Morgan fingerprint density at radius 3 is 3.00 bits per heavy atom. The Bertz CT molecular complexity index is 729. The summed E-state index contributed by atoms with van der Waals surface area (Å²) >= 11 is 0. The molecule has 1 atom stereocenters. The number of fused-ring (bicyclic) bond motifs is 1. The maximum absolute atomic E-state index is 12.3. The monoisotopic (exact) mass is 313 g/mol. The standard InChI is InChI=1S/C17H19N3O3/c1-3-22-16-7-11-6-10(2)23-15(11)8-14(16)20-17(21)13-5-4-12(18)9-19-13/h4-5,7-10H,3,6,18H2,1-2H3,(H,20,21). The van der Waals surface area contributed by atoms with E-state index in [4.69, 9.17) is 15.2 Å². The summed E-state index contributed by atoms with van der Waals surface area (Å²) in [6, 6.07) is 6.95. The number of nitrogens with two attached hydrogens (primary N) is 1. The second-order valence-electron chi connectivity index (χ2n) is 5.45. The zero-order valence-corrected chi connectivity index (χ0v) is 13.1. The Hall–Kier alpha value is -2.76. The number of nitrogen functional groups attached to an aromatic ring is 1. The van der Waals surface area contributed by atoms with Gasteiger partial charge in [0.1, 0.15) is 23.3 Å². The van der Waals surface area contributed by atoms with Crippen molar-refractivity contribution in [1.82, 2.24) is 4.98 Å². The van der Waals surface area contributed by atoms with Crippen LogP contribution in [-0.4, -0.2) is 23.6 Å². The van der Waals surface area contributed by atoms with Gasteiger partial charge < -0.3 is 20.5 Å². The molecule has 3 rings (SSSR count). The lowest BCUT2D eigenvalue weighted by molar-refractivity contribution is 0.102. The van der Waals surface area contributed by atoms with Gasteiger partial charge in [-0.2, -0.15) is 0 Å². The highest BCUT2D eigenvalue weighted by molar-refractivity contribution is 6.04. The first-order valence-electron chi connectivity index (χ1n) is 7.56. The van der Waals surface area contributed by atoms with Gasteiger partial charge in [-0.15, -0.1) is 0 Å². The van der Waals surface area contributed by atoms with Crippen LogP contribution in [0.1, 0.15) is 29.9 Å². The summed E-state index contributed by atoms with van der Waals surface area (Å²) in [6.07, 6.45) is 2.42. The van der Waals surface area contributed by atoms with E-state index in [1.54, 1.807) is 18.2 Å². The number of hydrogen-bond donors (Lipinski definition) is 2. The second-order valence-corrected chi connectivity index (χ2v) is 5.45. The molecule has 1 unspecified atom stereocenters. The van der Waals surface area contributed by atoms with Crippen LogP contribution in [0.3, 0.4) is 0 Å². The Balaban J connectivity index is 1.88. The lowest BCUT2D eigenvalue weighted by atomic mass is 10.1. The third-order valence-electron chi connectivity index (χ3n) is 3.57. The van der Waals surface area contributed by atoms with Gasteiger partial charge in [-0.25, -0.2) is 4.98 Å². The third-order valence-corrected chi connectivity index (χ3v) is 3.57. The maximum Gasteiger partial charge on any atom is 0.274 e. The van der Waals surface area contributed by atoms with Crippen molar-refractivity contribution in [2.45, 2.75) is 26.4 Å². The van der Waals surface area contributed by atoms with E-state index in [0.29, 0.717) is 23.7 Å². The van der Waals surface area contributed by atoms with Crippen LogP contribution in [0.2, 0.25) is 0 Å². The molecule has 6 nitrogen and oxygen atoms in total. The predicted molar refractivity (Wildman–Crippen MR) is 88.0 cm³/mol. The minimum absolute atomic E-state index is 0.129. The van der Waals surface area contributed by atoms with Crippen LogP contribution in [0, 0.1) is 0 Å². The lowest BCUT2D eigenvalue weighted by Crippen LogP contribution is -2.14. The zero-order chi connectivity index (χ0) is 16.4. The lowest BCUT2D eigenvalue weighted by Gasteiger charge is -2.13. The highest BCUT2D eigenvalue weighted by atomic mass is 16.5. The molecule has 1 aromatic heterocycles. The molecule has 0 radical (unpaired) electrons. The molecule has 120 valence electrons. The Kier molecular flexibility index (Phi) is 4.06. The Labute approximate surface area is 134 Å². The average molecular weight is 313 g/mol. The number of ether oxygens (including phenoxy) is 2. The van der Waals surface area contributed by atoms with E-state index in [1.807, 2.05) is 19.9 Å². The maximum atomic E-state index is 12.3. The summed E-state index contributed by atoms with van der Waals surface area (Å²) in [5, 5.41) is 2.83. The number of aromatic nitrogens is 1. The molecule has 0 fully saturated rings. The number of rotatable bonds is 4. The molecule has 0 aliphatic carbocycles. The van der Waals surface area contributed by atoms with E-state index in [9.17, 15) is 4.79 Å². The first kappa shape index (κ1) is 15.1. The number of amides is 1. The molecule has 1 aliphatic heterocycles. The fraction of sp³-hybridized carbons (Fsp3) is 0.294. The van der Waals surface area contributed by atoms with Gasteiger partial charge in [0.15, 0.2) is 0 Å². The first-order valence-corrected chi connectivity index (χ1v) is 7.56. The van der Waals surface area contributed by atoms with E-state index in [1.165, 1.54) is 6.20 Å². The molecular formula is C17H19N3O3. The molecule has 0 saturated heterocycles. The fourth-order valence-corrected chi connectivity index (χ4v) is 2.54. The molecule has 1 aliphatic rings. The summed E-state index contributed by atoms with van der Waals surface area (Å²) in [6.45, 7) is 4.43. The number of anilines is 2. The third kappa shape index (κ3) is 3.21. The predicted octanol–water partition coefficient (Wildman–Crippen LogP) is 2.64. The molecule has 2 heterocycles. The summed E-state index contributed by atoms with van der Waals surface area (Å²) in [5.74, 6) is 1.09. The molecule has 1 aromatic carbocycles. The molecular weight excluding hydrogens is 294 g/mol. The minimum atomic E-state index is -0.322. The van der Waals surface area contributed by atoms with Crippen LogP contribution in [0.5, 0.6) is 11.5 Å². The quantitative estimate of drug-likeness (QED) is 0.906. The van der Waals surface area contributed by atoms with Gasteiger partial charge in [0.25, 0.3) is 5.91 Å². The van der Waals surface area contributed by atoms with Gasteiger partial charge in [-0.3, -0.25) is 4.79 Å². The fourth-order valence-electron chi connectivity index (χ4n) is 2.54. The second kappa shape index (κ2) is 6.16. The van der Waals surface area contributed by atoms with E-state index in [-0.39, 0.29) is 17.7 Å². The summed E-state index contributed by atoms with van der Waals surface area (Å²) < 4.78 is 11.4.